The number of hydrogen-bond acceptors (Lipinski definition) is 3. The highest BCUT2D eigenvalue weighted by molar-refractivity contribution is 5.76. The fraction of sp³-hybridized carbons (Fsp3) is 0.350. The van der Waals surface area contributed by atoms with Gasteiger partial charge < -0.3 is 14.8 Å². The number of rotatable bonds is 9. The summed E-state index contributed by atoms with van der Waals surface area (Å²) >= 11 is 0. The predicted octanol–water partition coefficient (Wildman–Crippen LogP) is 3.48. The van der Waals surface area contributed by atoms with Crippen LogP contribution in [-0.2, 0) is 29.1 Å². The third kappa shape index (κ3) is 5.39. The maximum absolute atomic E-state index is 12.1. The minimum atomic E-state index is 0.0357. The van der Waals surface area contributed by atoms with Gasteiger partial charge in [-0.1, -0.05) is 42.5 Å². The molecule has 0 bridgehead atoms. The van der Waals surface area contributed by atoms with Gasteiger partial charge in [0.2, 0.25) is 5.91 Å². The Morgan fingerprint density at radius 2 is 1.67 bits per heavy atom. The molecular formula is C20H25NO3. The third-order valence-electron chi connectivity index (χ3n) is 3.79. The summed E-state index contributed by atoms with van der Waals surface area (Å²) in [6.45, 7) is 3.65. The molecule has 0 aliphatic rings. The Bertz CT molecular complexity index is 599. The molecule has 4 heteroatoms. The van der Waals surface area contributed by atoms with Crippen molar-refractivity contribution in [3.05, 3.63) is 65.2 Å². The molecule has 128 valence electrons. The Labute approximate surface area is 143 Å². The average Bonchev–Trinajstić information content (AvgIpc) is 2.61. The highest BCUT2D eigenvalue weighted by Gasteiger charge is 2.08. The molecule has 0 unspecified atom stereocenters. The molecule has 1 amide bonds. The zero-order valence-corrected chi connectivity index (χ0v) is 14.4. The van der Waals surface area contributed by atoms with Crippen LogP contribution in [-0.4, -0.2) is 19.6 Å². The minimum absolute atomic E-state index is 0.0357. The summed E-state index contributed by atoms with van der Waals surface area (Å²) in [6.07, 6.45) is 1.11. The van der Waals surface area contributed by atoms with Crippen LogP contribution in [0, 0.1) is 0 Å². The Morgan fingerprint density at radius 1 is 1.00 bits per heavy atom. The number of ether oxygens (including phenoxy) is 2. The van der Waals surface area contributed by atoms with E-state index in [0.717, 1.165) is 22.4 Å². The van der Waals surface area contributed by atoms with Crippen LogP contribution in [0.15, 0.2) is 48.5 Å². The van der Waals surface area contributed by atoms with Crippen molar-refractivity contribution in [1.82, 2.24) is 5.32 Å². The van der Waals surface area contributed by atoms with Gasteiger partial charge in [0.05, 0.1) is 13.2 Å². The van der Waals surface area contributed by atoms with E-state index < -0.39 is 0 Å². The van der Waals surface area contributed by atoms with Crippen LogP contribution in [0.5, 0.6) is 5.75 Å². The van der Waals surface area contributed by atoms with E-state index in [1.807, 2.05) is 55.5 Å². The lowest BCUT2D eigenvalue weighted by Gasteiger charge is -2.11. The first-order valence-electron chi connectivity index (χ1n) is 8.27. The second-order valence-corrected chi connectivity index (χ2v) is 5.52. The summed E-state index contributed by atoms with van der Waals surface area (Å²) in [4.78, 5) is 12.1. The van der Waals surface area contributed by atoms with E-state index in [9.17, 15) is 4.79 Å². The first-order valence-corrected chi connectivity index (χ1v) is 8.27. The minimum Gasteiger partial charge on any atom is -0.494 e. The van der Waals surface area contributed by atoms with E-state index in [1.165, 1.54) is 0 Å². The van der Waals surface area contributed by atoms with Crippen LogP contribution in [0.4, 0.5) is 0 Å². The molecule has 0 radical (unpaired) electrons. The summed E-state index contributed by atoms with van der Waals surface area (Å²) < 4.78 is 10.8. The van der Waals surface area contributed by atoms with E-state index in [1.54, 1.807) is 7.11 Å². The number of aryl methyl sites for hydroxylation is 1. The van der Waals surface area contributed by atoms with Gasteiger partial charge >= 0.3 is 0 Å². The standard InChI is InChI=1S/C20H25NO3/c1-3-24-19-11-7-6-8-16(19)12-13-20(22)21-14-17-9-4-5-10-18(17)15-23-2/h4-11H,3,12-15H2,1-2H3,(H,21,22). The van der Waals surface area contributed by atoms with E-state index >= 15 is 0 Å². The molecule has 24 heavy (non-hydrogen) atoms. The maximum Gasteiger partial charge on any atom is 0.220 e. The highest BCUT2D eigenvalue weighted by atomic mass is 16.5. The summed E-state index contributed by atoms with van der Waals surface area (Å²) in [5, 5.41) is 2.98. The Balaban J connectivity index is 1.86. The van der Waals surface area contributed by atoms with E-state index in [2.05, 4.69) is 5.32 Å². The van der Waals surface area contributed by atoms with E-state index in [0.29, 0.717) is 32.6 Å². The van der Waals surface area contributed by atoms with Gasteiger partial charge in [0.1, 0.15) is 5.75 Å². The Hall–Kier alpha value is -2.33. The molecule has 4 nitrogen and oxygen atoms in total. The normalized spacial score (nSPS) is 10.4. The zero-order valence-electron chi connectivity index (χ0n) is 14.4. The first-order chi connectivity index (χ1) is 11.7. The predicted molar refractivity (Wildman–Crippen MR) is 94.9 cm³/mol. The lowest BCUT2D eigenvalue weighted by Crippen LogP contribution is -2.23. The second kappa shape index (κ2) is 9.73. The number of amides is 1. The molecule has 2 aromatic rings. The van der Waals surface area contributed by atoms with Gasteiger partial charge in [-0.05, 0) is 36.1 Å². The molecule has 0 aliphatic carbocycles. The third-order valence-corrected chi connectivity index (χ3v) is 3.79. The zero-order chi connectivity index (χ0) is 17.2. The van der Waals surface area contributed by atoms with Crippen LogP contribution < -0.4 is 10.1 Å². The molecular weight excluding hydrogens is 302 g/mol. The number of para-hydroxylation sites is 1. The fourth-order valence-electron chi connectivity index (χ4n) is 2.56. The second-order valence-electron chi connectivity index (χ2n) is 5.52. The van der Waals surface area contributed by atoms with Crippen LogP contribution >= 0.6 is 0 Å². The van der Waals surface area contributed by atoms with Crippen molar-refractivity contribution in [2.45, 2.75) is 32.9 Å². The molecule has 0 saturated carbocycles. The highest BCUT2D eigenvalue weighted by Crippen LogP contribution is 2.19. The Morgan fingerprint density at radius 3 is 2.38 bits per heavy atom. The lowest BCUT2D eigenvalue weighted by atomic mass is 10.1. The molecule has 0 saturated heterocycles. The largest absolute Gasteiger partial charge is 0.494 e. The van der Waals surface area contributed by atoms with Crippen molar-refractivity contribution in [1.29, 1.82) is 0 Å². The smallest absolute Gasteiger partial charge is 0.220 e. The monoisotopic (exact) mass is 327 g/mol. The van der Waals surface area contributed by atoms with Crippen molar-refractivity contribution in [2.24, 2.45) is 0 Å². The number of benzene rings is 2. The quantitative estimate of drug-likeness (QED) is 0.767. The van der Waals surface area contributed by atoms with Crippen LogP contribution in [0.1, 0.15) is 30.0 Å². The molecule has 0 heterocycles. The molecule has 0 aliphatic heterocycles. The van der Waals surface area contributed by atoms with Gasteiger partial charge in [-0.3, -0.25) is 4.79 Å². The van der Waals surface area contributed by atoms with Crippen molar-refractivity contribution in [3.63, 3.8) is 0 Å². The SMILES string of the molecule is CCOc1ccccc1CCC(=O)NCc1ccccc1COC. The molecule has 0 fully saturated rings. The van der Waals surface area contributed by atoms with Gasteiger partial charge in [0.15, 0.2) is 0 Å². The van der Waals surface area contributed by atoms with Crippen molar-refractivity contribution in [2.75, 3.05) is 13.7 Å². The summed E-state index contributed by atoms with van der Waals surface area (Å²) in [5.74, 6) is 0.895. The van der Waals surface area contributed by atoms with Crippen molar-refractivity contribution in [3.8, 4) is 5.75 Å². The van der Waals surface area contributed by atoms with Crippen molar-refractivity contribution >= 4 is 5.91 Å². The van der Waals surface area contributed by atoms with Gasteiger partial charge in [0.25, 0.3) is 0 Å². The van der Waals surface area contributed by atoms with Gasteiger partial charge in [-0.2, -0.15) is 0 Å². The van der Waals surface area contributed by atoms with Gasteiger partial charge in [-0.15, -0.1) is 0 Å². The van der Waals surface area contributed by atoms with Crippen LogP contribution in [0.2, 0.25) is 0 Å². The number of nitrogens with one attached hydrogen (secondary N) is 1. The number of carbonyl (C=O) groups is 1. The first kappa shape index (κ1) is 18.0. The summed E-state index contributed by atoms with van der Waals surface area (Å²) in [6, 6.07) is 15.8. The molecule has 1 N–H and O–H groups in total. The topological polar surface area (TPSA) is 47.6 Å². The van der Waals surface area contributed by atoms with E-state index in [-0.39, 0.29) is 5.91 Å². The molecule has 0 aromatic heterocycles. The van der Waals surface area contributed by atoms with Gasteiger partial charge in [0, 0.05) is 20.1 Å². The number of carbonyl (C=O) groups excluding carboxylic acids is 1. The summed E-state index contributed by atoms with van der Waals surface area (Å²) in [7, 11) is 1.67. The molecule has 2 aromatic carbocycles. The maximum atomic E-state index is 12.1. The molecule has 0 atom stereocenters. The van der Waals surface area contributed by atoms with Crippen molar-refractivity contribution < 1.29 is 14.3 Å². The van der Waals surface area contributed by atoms with E-state index in [4.69, 9.17) is 9.47 Å². The molecule has 0 spiro atoms. The fourth-order valence-corrected chi connectivity index (χ4v) is 2.56. The molecule has 2 rings (SSSR count). The lowest BCUT2D eigenvalue weighted by molar-refractivity contribution is -0.121. The number of methoxy groups -OCH3 is 1. The number of hydrogen-bond donors (Lipinski definition) is 1. The van der Waals surface area contributed by atoms with Crippen LogP contribution in [0.3, 0.4) is 0 Å². The Kier molecular flexibility index (Phi) is 7.30. The average molecular weight is 327 g/mol. The van der Waals surface area contributed by atoms with Gasteiger partial charge in [-0.25, -0.2) is 0 Å². The van der Waals surface area contributed by atoms with Crippen LogP contribution in [0.25, 0.3) is 0 Å². The summed E-state index contributed by atoms with van der Waals surface area (Å²) in [5.41, 5.74) is 3.25.